The van der Waals surface area contributed by atoms with Gasteiger partial charge in [0, 0.05) is 26.1 Å². The molecule has 0 atom stereocenters. The minimum atomic E-state index is 0.236. The van der Waals surface area contributed by atoms with Gasteiger partial charge >= 0.3 is 0 Å². The molecule has 0 spiro atoms. The van der Waals surface area contributed by atoms with Crippen molar-refractivity contribution in [2.45, 2.75) is 32.1 Å². The van der Waals surface area contributed by atoms with Gasteiger partial charge in [-0.05, 0) is 50.1 Å². The van der Waals surface area contributed by atoms with Crippen molar-refractivity contribution in [2.75, 3.05) is 33.4 Å². The molecule has 19 heavy (non-hydrogen) atoms. The van der Waals surface area contributed by atoms with Gasteiger partial charge in [-0.25, -0.2) is 0 Å². The van der Waals surface area contributed by atoms with E-state index in [2.05, 4.69) is 6.08 Å². The maximum Gasteiger partial charge on any atom is 0.225 e. The quantitative estimate of drug-likeness (QED) is 0.786. The summed E-state index contributed by atoms with van der Waals surface area (Å²) in [6.45, 7) is 3.08. The summed E-state index contributed by atoms with van der Waals surface area (Å²) >= 11 is 0. The first kappa shape index (κ1) is 14.5. The van der Waals surface area contributed by atoms with Crippen molar-refractivity contribution in [1.29, 1.82) is 0 Å². The molecule has 2 N–H and O–H groups in total. The zero-order chi connectivity index (χ0) is 13.7. The van der Waals surface area contributed by atoms with Crippen molar-refractivity contribution in [3.8, 4) is 0 Å². The third kappa shape index (κ3) is 3.80. The number of carbonyl (C=O) groups is 1. The summed E-state index contributed by atoms with van der Waals surface area (Å²) in [7, 11) is 1.72. The van der Waals surface area contributed by atoms with Crippen molar-refractivity contribution < 1.29 is 9.53 Å². The van der Waals surface area contributed by atoms with Crippen LogP contribution >= 0.6 is 0 Å². The Kier molecular flexibility index (Phi) is 5.40. The van der Waals surface area contributed by atoms with E-state index in [0.29, 0.717) is 18.4 Å². The van der Waals surface area contributed by atoms with E-state index in [4.69, 9.17) is 10.5 Å². The second kappa shape index (κ2) is 7.06. The number of amides is 1. The van der Waals surface area contributed by atoms with E-state index in [-0.39, 0.29) is 5.92 Å². The Hall–Kier alpha value is -0.870. The van der Waals surface area contributed by atoms with Gasteiger partial charge in [-0.3, -0.25) is 4.79 Å². The van der Waals surface area contributed by atoms with Crippen LogP contribution in [0.3, 0.4) is 0 Å². The molecule has 1 aliphatic heterocycles. The zero-order valence-electron chi connectivity index (χ0n) is 11.9. The van der Waals surface area contributed by atoms with Crippen molar-refractivity contribution >= 4 is 5.91 Å². The standard InChI is InChI=1S/C15H26N2O2/c1-19-11-13-6-8-17(9-7-13)15(18)14-4-2-12(10-16)3-5-14/h6,12,14H,2-5,7-11,16H2,1H3. The van der Waals surface area contributed by atoms with Crippen LogP contribution in [0.15, 0.2) is 11.6 Å². The van der Waals surface area contributed by atoms with Gasteiger partial charge in [-0.15, -0.1) is 0 Å². The lowest BCUT2D eigenvalue weighted by Gasteiger charge is -2.33. The second-order valence-corrected chi connectivity index (χ2v) is 5.78. The van der Waals surface area contributed by atoms with Crippen LogP contribution in [-0.2, 0) is 9.53 Å². The number of ether oxygens (including phenoxy) is 1. The third-order valence-electron chi connectivity index (χ3n) is 4.47. The molecule has 2 aliphatic rings. The van der Waals surface area contributed by atoms with Crippen LogP contribution in [0.2, 0.25) is 0 Å². The summed E-state index contributed by atoms with van der Waals surface area (Å²) in [5.74, 6) is 1.22. The molecule has 2 rings (SSSR count). The number of nitrogens with two attached hydrogens (primary N) is 1. The first-order valence-corrected chi connectivity index (χ1v) is 7.40. The fourth-order valence-electron chi connectivity index (χ4n) is 3.13. The Morgan fingerprint density at radius 3 is 2.68 bits per heavy atom. The average Bonchev–Trinajstić information content (AvgIpc) is 2.48. The highest BCUT2D eigenvalue weighted by Gasteiger charge is 2.29. The number of hydrogen-bond acceptors (Lipinski definition) is 3. The van der Waals surface area contributed by atoms with Crippen LogP contribution in [0.4, 0.5) is 0 Å². The van der Waals surface area contributed by atoms with Gasteiger partial charge in [0.2, 0.25) is 5.91 Å². The molecular formula is C15H26N2O2. The molecule has 1 amide bonds. The summed E-state index contributed by atoms with van der Waals surface area (Å²) in [6.07, 6.45) is 7.38. The molecule has 1 aliphatic carbocycles. The van der Waals surface area contributed by atoms with E-state index < -0.39 is 0 Å². The molecule has 0 aromatic heterocycles. The highest BCUT2D eigenvalue weighted by molar-refractivity contribution is 5.79. The number of carbonyl (C=O) groups excluding carboxylic acids is 1. The molecule has 0 unspecified atom stereocenters. The van der Waals surface area contributed by atoms with Crippen LogP contribution in [0.1, 0.15) is 32.1 Å². The molecule has 1 fully saturated rings. The number of nitrogens with zero attached hydrogens (tertiary/aromatic N) is 1. The number of rotatable bonds is 4. The zero-order valence-corrected chi connectivity index (χ0v) is 11.9. The first-order valence-electron chi connectivity index (χ1n) is 7.40. The normalized spacial score (nSPS) is 28.1. The highest BCUT2D eigenvalue weighted by atomic mass is 16.5. The molecule has 0 aromatic rings. The summed E-state index contributed by atoms with van der Waals surface area (Å²) in [5.41, 5.74) is 7.01. The van der Waals surface area contributed by atoms with E-state index in [0.717, 1.165) is 51.7 Å². The number of methoxy groups -OCH3 is 1. The topological polar surface area (TPSA) is 55.6 Å². The van der Waals surface area contributed by atoms with E-state index in [1.54, 1.807) is 7.11 Å². The minimum absolute atomic E-state index is 0.236. The minimum Gasteiger partial charge on any atom is -0.380 e. The monoisotopic (exact) mass is 266 g/mol. The SMILES string of the molecule is COCC1=CCN(C(=O)C2CCC(CN)CC2)CC1. The molecule has 108 valence electrons. The lowest BCUT2D eigenvalue weighted by atomic mass is 9.81. The highest BCUT2D eigenvalue weighted by Crippen LogP contribution is 2.30. The molecule has 0 bridgehead atoms. The maximum atomic E-state index is 12.4. The van der Waals surface area contributed by atoms with E-state index in [1.165, 1.54) is 5.57 Å². The molecule has 0 aromatic carbocycles. The van der Waals surface area contributed by atoms with Gasteiger partial charge in [0.1, 0.15) is 0 Å². The van der Waals surface area contributed by atoms with Gasteiger partial charge in [0.15, 0.2) is 0 Å². The summed E-state index contributed by atoms with van der Waals surface area (Å²) in [6, 6.07) is 0. The predicted molar refractivity (Wildman–Crippen MR) is 75.7 cm³/mol. The van der Waals surface area contributed by atoms with Crippen molar-refractivity contribution in [2.24, 2.45) is 17.6 Å². The van der Waals surface area contributed by atoms with Crippen LogP contribution in [-0.4, -0.2) is 44.2 Å². The number of hydrogen-bond donors (Lipinski definition) is 1. The molecule has 0 radical (unpaired) electrons. The first-order chi connectivity index (χ1) is 9.24. The van der Waals surface area contributed by atoms with Gasteiger partial charge in [-0.1, -0.05) is 6.08 Å². The summed E-state index contributed by atoms with van der Waals surface area (Å²) < 4.78 is 5.13. The lowest BCUT2D eigenvalue weighted by Crippen LogP contribution is -2.40. The Balaban J connectivity index is 1.81. The fourth-order valence-corrected chi connectivity index (χ4v) is 3.13. The lowest BCUT2D eigenvalue weighted by molar-refractivity contribution is -0.136. The summed E-state index contributed by atoms with van der Waals surface area (Å²) in [5, 5.41) is 0. The Morgan fingerprint density at radius 1 is 1.42 bits per heavy atom. The third-order valence-corrected chi connectivity index (χ3v) is 4.47. The second-order valence-electron chi connectivity index (χ2n) is 5.78. The van der Waals surface area contributed by atoms with E-state index >= 15 is 0 Å². The van der Waals surface area contributed by atoms with E-state index in [9.17, 15) is 4.79 Å². The van der Waals surface area contributed by atoms with Crippen LogP contribution in [0.5, 0.6) is 0 Å². The van der Waals surface area contributed by atoms with E-state index in [1.807, 2.05) is 4.90 Å². The van der Waals surface area contributed by atoms with Crippen LogP contribution in [0, 0.1) is 11.8 Å². The van der Waals surface area contributed by atoms with Crippen LogP contribution in [0.25, 0.3) is 0 Å². The van der Waals surface area contributed by atoms with Gasteiger partial charge < -0.3 is 15.4 Å². The fraction of sp³-hybridized carbons (Fsp3) is 0.800. The molecule has 1 heterocycles. The molecule has 4 nitrogen and oxygen atoms in total. The van der Waals surface area contributed by atoms with Gasteiger partial charge in [0.25, 0.3) is 0 Å². The maximum absolute atomic E-state index is 12.4. The van der Waals surface area contributed by atoms with Crippen LogP contribution < -0.4 is 5.73 Å². The molecule has 0 saturated heterocycles. The Bertz CT molecular complexity index is 333. The largest absolute Gasteiger partial charge is 0.380 e. The summed E-state index contributed by atoms with van der Waals surface area (Å²) in [4.78, 5) is 14.5. The smallest absolute Gasteiger partial charge is 0.225 e. The molecular weight excluding hydrogens is 240 g/mol. The van der Waals surface area contributed by atoms with Gasteiger partial charge in [0.05, 0.1) is 6.61 Å². The van der Waals surface area contributed by atoms with Crippen molar-refractivity contribution in [3.63, 3.8) is 0 Å². The van der Waals surface area contributed by atoms with Gasteiger partial charge in [-0.2, -0.15) is 0 Å². The Morgan fingerprint density at radius 2 is 2.16 bits per heavy atom. The predicted octanol–water partition coefficient (Wildman–Crippen LogP) is 1.56. The average molecular weight is 266 g/mol. The van der Waals surface area contributed by atoms with Crippen molar-refractivity contribution in [1.82, 2.24) is 4.90 Å². The van der Waals surface area contributed by atoms with Crippen molar-refractivity contribution in [3.05, 3.63) is 11.6 Å². The molecule has 1 saturated carbocycles. The Labute approximate surface area is 116 Å². The molecule has 4 heteroatoms.